The van der Waals surface area contributed by atoms with Crippen molar-refractivity contribution >= 4 is 15.9 Å². The Labute approximate surface area is 211 Å². The van der Waals surface area contributed by atoms with Gasteiger partial charge in [0.15, 0.2) is 0 Å². The Balaban J connectivity index is 1.55. The highest BCUT2D eigenvalue weighted by Gasteiger charge is 2.64. The van der Waals surface area contributed by atoms with E-state index in [1.165, 1.54) is 41.3 Å². The smallest absolute Gasteiger partial charge is 0.350 e. The molecule has 1 unspecified atom stereocenters. The van der Waals surface area contributed by atoms with Crippen LogP contribution in [0.15, 0.2) is 42.5 Å². The molecule has 2 aliphatic heterocycles. The van der Waals surface area contributed by atoms with Crippen LogP contribution in [0.2, 0.25) is 0 Å². The van der Waals surface area contributed by atoms with Crippen LogP contribution in [0.3, 0.4) is 0 Å². The van der Waals surface area contributed by atoms with Crippen molar-refractivity contribution in [3.8, 4) is 17.2 Å². The van der Waals surface area contributed by atoms with E-state index in [4.69, 9.17) is 4.74 Å². The molecule has 7 nitrogen and oxygen atoms in total. The number of alkyl halides is 2. The van der Waals surface area contributed by atoms with Crippen LogP contribution in [-0.4, -0.2) is 55.8 Å². The fourth-order valence-electron chi connectivity index (χ4n) is 5.34. The molecule has 5 rings (SSSR count). The Morgan fingerprint density at radius 2 is 1.89 bits per heavy atom. The molecule has 2 heterocycles. The first-order valence-corrected chi connectivity index (χ1v) is 13.3. The van der Waals surface area contributed by atoms with Gasteiger partial charge in [0.2, 0.25) is 5.60 Å². The van der Waals surface area contributed by atoms with Crippen LogP contribution in [0.1, 0.15) is 24.8 Å². The molecule has 37 heavy (non-hydrogen) atoms. The van der Waals surface area contributed by atoms with E-state index in [-0.39, 0.29) is 42.7 Å². The number of amides is 1. The Hall–Kier alpha value is -3.01. The summed E-state index contributed by atoms with van der Waals surface area (Å²) in [5.41, 5.74) is -2.09. The van der Waals surface area contributed by atoms with Gasteiger partial charge in [-0.1, -0.05) is 30.3 Å². The number of benzene rings is 2. The third kappa shape index (κ3) is 4.39. The number of sulfonamides is 1. The van der Waals surface area contributed by atoms with Crippen molar-refractivity contribution in [2.45, 2.75) is 49.1 Å². The molecule has 3 fully saturated rings. The average Bonchev–Trinajstić information content (AvgIpc) is 3.55. The molecule has 1 N–H and O–H groups in total. The standard InChI is InChI=1S/C25H23F4N3O4S/c26-17-5-1-3-15(11-17)18-6-2-4-16(20(18)27)12-19-21(31-37(34,35)23(28)29)24(7-8-24)14-32(19)22(33)25(13-30)9-10-36-25/h1-6,11,19,21,23,31H,7-10,12,14H2/t19-,21+,25?/m0/s1. The lowest BCUT2D eigenvalue weighted by atomic mass is 9.90. The summed E-state index contributed by atoms with van der Waals surface area (Å²) < 4.78 is 87.8. The van der Waals surface area contributed by atoms with E-state index in [1.807, 2.05) is 6.07 Å². The molecule has 3 atom stereocenters. The second-order valence-electron chi connectivity index (χ2n) is 9.79. The summed E-state index contributed by atoms with van der Waals surface area (Å²) >= 11 is 0. The van der Waals surface area contributed by atoms with E-state index in [0.717, 1.165) is 6.07 Å². The van der Waals surface area contributed by atoms with Crippen LogP contribution >= 0.6 is 0 Å². The fraction of sp³-hybridized carbons (Fsp3) is 0.440. The van der Waals surface area contributed by atoms with Gasteiger partial charge in [0.25, 0.3) is 15.9 Å². The number of likely N-dealkylation sites (tertiary alicyclic amines) is 1. The zero-order chi connectivity index (χ0) is 26.6. The van der Waals surface area contributed by atoms with Crippen LogP contribution in [0.5, 0.6) is 0 Å². The summed E-state index contributed by atoms with van der Waals surface area (Å²) in [7, 11) is -5.04. The summed E-state index contributed by atoms with van der Waals surface area (Å²) in [4.78, 5) is 14.8. The van der Waals surface area contributed by atoms with Gasteiger partial charge >= 0.3 is 5.76 Å². The number of nitrogens with zero attached hydrogens (tertiary/aromatic N) is 2. The Bertz CT molecular complexity index is 1390. The van der Waals surface area contributed by atoms with Gasteiger partial charge in [-0.15, -0.1) is 0 Å². The molecule has 0 radical (unpaired) electrons. The third-order valence-corrected chi connectivity index (χ3v) is 8.63. The molecule has 1 saturated carbocycles. The Kier molecular flexibility index (Phi) is 6.29. The maximum absolute atomic E-state index is 15.7. The summed E-state index contributed by atoms with van der Waals surface area (Å²) in [5.74, 6) is -5.66. The van der Waals surface area contributed by atoms with Gasteiger partial charge in [-0.3, -0.25) is 4.79 Å². The van der Waals surface area contributed by atoms with Gasteiger partial charge < -0.3 is 9.64 Å². The lowest BCUT2D eigenvalue weighted by molar-refractivity contribution is -0.172. The maximum atomic E-state index is 15.7. The molecule has 1 spiro atoms. The number of hydrogen-bond donors (Lipinski definition) is 1. The van der Waals surface area contributed by atoms with E-state index in [0.29, 0.717) is 12.8 Å². The van der Waals surface area contributed by atoms with Crippen molar-refractivity contribution in [2.24, 2.45) is 5.41 Å². The maximum Gasteiger partial charge on any atom is 0.350 e. The second-order valence-corrected chi connectivity index (χ2v) is 11.5. The number of nitriles is 1. The molecular weight excluding hydrogens is 514 g/mol. The third-order valence-electron chi connectivity index (χ3n) is 7.58. The molecule has 0 bridgehead atoms. The zero-order valence-corrected chi connectivity index (χ0v) is 20.3. The molecule has 196 valence electrons. The van der Waals surface area contributed by atoms with E-state index >= 15 is 4.39 Å². The highest BCUT2D eigenvalue weighted by atomic mass is 32.2. The molecule has 3 aliphatic rings. The highest BCUT2D eigenvalue weighted by molar-refractivity contribution is 7.89. The van der Waals surface area contributed by atoms with Gasteiger partial charge in [0, 0.05) is 30.0 Å². The molecule has 1 amide bonds. The minimum atomic E-state index is -5.04. The summed E-state index contributed by atoms with van der Waals surface area (Å²) in [6.07, 6.45) is 0.849. The van der Waals surface area contributed by atoms with Crippen molar-refractivity contribution in [2.75, 3.05) is 13.2 Å². The first-order chi connectivity index (χ1) is 17.5. The fourth-order valence-corrected chi connectivity index (χ4v) is 6.20. The predicted molar refractivity (Wildman–Crippen MR) is 123 cm³/mol. The summed E-state index contributed by atoms with van der Waals surface area (Å²) in [5, 5.41) is 9.62. The largest absolute Gasteiger partial charge is 0.352 e. The zero-order valence-electron chi connectivity index (χ0n) is 19.5. The first-order valence-electron chi connectivity index (χ1n) is 11.7. The van der Waals surface area contributed by atoms with E-state index in [1.54, 1.807) is 0 Å². The summed E-state index contributed by atoms with van der Waals surface area (Å²) in [6.45, 7) is 0.208. The van der Waals surface area contributed by atoms with Crippen molar-refractivity contribution in [1.29, 1.82) is 5.26 Å². The lowest BCUT2D eigenvalue weighted by Crippen LogP contribution is -2.59. The van der Waals surface area contributed by atoms with Gasteiger partial charge in [-0.25, -0.2) is 21.9 Å². The van der Waals surface area contributed by atoms with Crippen LogP contribution in [0.4, 0.5) is 17.6 Å². The number of nitrogens with one attached hydrogen (secondary N) is 1. The number of ether oxygens (including phenoxy) is 1. The van der Waals surface area contributed by atoms with Gasteiger partial charge in [0.05, 0.1) is 12.6 Å². The van der Waals surface area contributed by atoms with Crippen LogP contribution in [-0.2, 0) is 26.0 Å². The van der Waals surface area contributed by atoms with E-state index < -0.39 is 56.4 Å². The van der Waals surface area contributed by atoms with Gasteiger partial charge in [-0.05, 0) is 42.5 Å². The highest BCUT2D eigenvalue weighted by Crippen LogP contribution is 2.56. The topological polar surface area (TPSA) is 99.5 Å². The molecular formula is C25H23F4N3O4S. The normalized spacial score (nSPS) is 26.2. The van der Waals surface area contributed by atoms with Crippen LogP contribution in [0.25, 0.3) is 11.1 Å². The first kappa shape index (κ1) is 25.6. The number of halogens is 4. The number of carbonyl (C=O) groups excluding carboxylic acids is 1. The van der Waals surface area contributed by atoms with Crippen LogP contribution < -0.4 is 4.72 Å². The molecule has 2 aromatic carbocycles. The van der Waals surface area contributed by atoms with Crippen molar-refractivity contribution in [1.82, 2.24) is 9.62 Å². The van der Waals surface area contributed by atoms with E-state index in [9.17, 15) is 31.6 Å². The minimum Gasteiger partial charge on any atom is -0.352 e. The van der Waals surface area contributed by atoms with Crippen molar-refractivity contribution < 1.29 is 35.5 Å². The Morgan fingerprint density at radius 1 is 1.19 bits per heavy atom. The molecule has 2 aromatic rings. The van der Waals surface area contributed by atoms with Gasteiger partial charge in [0.1, 0.15) is 17.7 Å². The SMILES string of the molecule is N#CC1(C(=O)N2CC3(CC3)[C@H](NS(=O)(=O)C(F)F)[C@@H]2Cc2cccc(-c3cccc(F)c3)c2F)CCO1. The quantitative estimate of drug-likeness (QED) is 0.547. The molecule has 1 aliphatic carbocycles. The number of carbonyl (C=O) groups is 1. The molecule has 2 saturated heterocycles. The monoisotopic (exact) mass is 537 g/mol. The molecule has 12 heteroatoms. The number of rotatable bonds is 7. The van der Waals surface area contributed by atoms with Gasteiger partial charge in [-0.2, -0.15) is 14.0 Å². The summed E-state index contributed by atoms with van der Waals surface area (Å²) in [6, 6.07) is 9.46. The lowest BCUT2D eigenvalue weighted by Gasteiger charge is -2.39. The second kappa shape index (κ2) is 9.08. The average molecular weight is 538 g/mol. The van der Waals surface area contributed by atoms with E-state index in [2.05, 4.69) is 4.72 Å². The Morgan fingerprint density at radius 3 is 2.46 bits per heavy atom. The molecule has 0 aromatic heterocycles. The van der Waals surface area contributed by atoms with Crippen molar-refractivity contribution in [3.05, 3.63) is 59.7 Å². The minimum absolute atomic E-state index is 0.0188. The van der Waals surface area contributed by atoms with Crippen LogP contribution in [0, 0.1) is 28.4 Å². The van der Waals surface area contributed by atoms with Crippen molar-refractivity contribution in [3.63, 3.8) is 0 Å². The number of hydrogen-bond acceptors (Lipinski definition) is 5. The predicted octanol–water partition coefficient (Wildman–Crippen LogP) is 3.36.